The molecule has 0 aliphatic carbocycles. The van der Waals surface area contributed by atoms with Crippen LogP contribution in [-0.4, -0.2) is 25.2 Å². The molecule has 0 saturated heterocycles. The third-order valence-electron chi connectivity index (χ3n) is 2.89. The Morgan fingerprint density at radius 3 is 2.45 bits per heavy atom. The Bertz CT molecular complexity index is 756. The van der Waals surface area contributed by atoms with E-state index in [0.717, 1.165) is 4.31 Å². The van der Waals surface area contributed by atoms with Gasteiger partial charge in [0.25, 0.3) is 10.0 Å². The fraction of sp³-hybridized carbons (Fsp3) is 0.250. The van der Waals surface area contributed by atoms with E-state index in [4.69, 9.17) is 23.2 Å². The van der Waals surface area contributed by atoms with Gasteiger partial charge in [0.2, 0.25) is 0 Å². The Morgan fingerprint density at radius 1 is 1.30 bits per heavy atom. The molecule has 5 nitrogen and oxygen atoms in total. The highest BCUT2D eigenvalue weighted by molar-refractivity contribution is 7.93. The topological polar surface area (TPSA) is 55.2 Å². The number of benzene rings is 1. The Balaban J connectivity index is 2.55. The summed E-state index contributed by atoms with van der Waals surface area (Å²) in [4.78, 5) is 0.00384. The van der Waals surface area contributed by atoms with Crippen molar-refractivity contribution in [3.05, 3.63) is 40.1 Å². The maximum atomic E-state index is 12.6. The molecule has 108 valence electrons. The van der Waals surface area contributed by atoms with Gasteiger partial charge in [-0.1, -0.05) is 29.3 Å². The first-order chi connectivity index (χ1) is 9.25. The number of aryl methyl sites for hydroxylation is 2. The zero-order chi connectivity index (χ0) is 15.1. The number of halogens is 2. The van der Waals surface area contributed by atoms with Crippen molar-refractivity contribution in [2.75, 3.05) is 11.4 Å². The Morgan fingerprint density at radius 2 is 1.95 bits per heavy atom. The zero-order valence-electron chi connectivity index (χ0n) is 11.1. The highest BCUT2D eigenvalue weighted by atomic mass is 35.5. The first kappa shape index (κ1) is 15.2. The van der Waals surface area contributed by atoms with Crippen molar-refractivity contribution in [2.45, 2.75) is 11.8 Å². The van der Waals surface area contributed by atoms with Gasteiger partial charge in [0, 0.05) is 19.1 Å². The first-order valence-electron chi connectivity index (χ1n) is 5.68. The highest BCUT2D eigenvalue weighted by Crippen LogP contribution is 2.30. The summed E-state index contributed by atoms with van der Waals surface area (Å²) < 4.78 is 27.8. The van der Waals surface area contributed by atoms with Crippen LogP contribution in [0.2, 0.25) is 10.2 Å². The minimum atomic E-state index is -3.79. The molecular formula is C12H13Cl2N3O2S. The lowest BCUT2D eigenvalue weighted by Gasteiger charge is -2.19. The number of hydrogen-bond donors (Lipinski definition) is 0. The van der Waals surface area contributed by atoms with Crippen molar-refractivity contribution in [1.82, 2.24) is 9.78 Å². The summed E-state index contributed by atoms with van der Waals surface area (Å²) in [5.41, 5.74) is 0.809. The third-order valence-corrected chi connectivity index (χ3v) is 5.61. The molecule has 0 N–H and O–H groups in total. The van der Waals surface area contributed by atoms with Crippen LogP contribution in [0.4, 0.5) is 5.69 Å². The molecule has 0 aliphatic rings. The second-order valence-electron chi connectivity index (χ2n) is 4.28. The van der Waals surface area contributed by atoms with E-state index in [9.17, 15) is 8.42 Å². The summed E-state index contributed by atoms with van der Waals surface area (Å²) in [6.07, 6.45) is 0. The van der Waals surface area contributed by atoms with Crippen molar-refractivity contribution in [1.29, 1.82) is 0 Å². The van der Waals surface area contributed by atoms with Crippen LogP contribution in [0.15, 0.2) is 29.2 Å². The Labute approximate surface area is 127 Å². The van der Waals surface area contributed by atoms with Gasteiger partial charge in [-0.3, -0.25) is 8.99 Å². The molecule has 0 radical (unpaired) electrons. The van der Waals surface area contributed by atoms with E-state index in [1.807, 2.05) is 0 Å². The standard InChI is InChI=1S/C12H13Cl2N3O2S/c1-8-11(12(14)16(2)15-8)20(18,19)17(3)10-6-4-5-9(13)7-10/h4-7H,1-3H3. The maximum Gasteiger partial charge on any atom is 0.269 e. The van der Waals surface area contributed by atoms with Gasteiger partial charge in [-0.05, 0) is 25.1 Å². The van der Waals surface area contributed by atoms with Crippen LogP contribution in [0, 0.1) is 6.92 Å². The molecular weight excluding hydrogens is 321 g/mol. The van der Waals surface area contributed by atoms with Gasteiger partial charge in [-0.25, -0.2) is 8.42 Å². The lowest BCUT2D eigenvalue weighted by Crippen LogP contribution is -2.27. The summed E-state index contributed by atoms with van der Waals surface area (Å²) in [6.45, 7) is 1.60. The minimum absolute atomic E-state index is 0.00384. The molecule has 0 fully saturated rings. The van der Waals surface area contributed by atoms with E-state index in [0.29, 0.717) is 16.4 Å². The monoisotopic (exact) mass is 333 g/mol. The molecule has 1 aromatic carbocycles. The van der Waals surface area contributed by atoms with Gasteiger partial charge < -0.3 is 0 Å². The van der Waals surface area contributed by atoms with Gasteiger partial charge in [0.15, 0.2) is 0 Å². The van der Waals surface area contributed by atoms with Gasteiger partial charge in [-0.15, -0.1) is 0 Å². The van der Waals surface area contributed by atoms with Crippen molar-refractivity contribution in [2.24, 2.45) is 7.05 Å². The van der Waals surface area contributed by atoms with E-state index in [1.54, 1.807) is 38.2 Å². The fourth-order valence-corrected chi connectivity index (χ4v) is 3.93. The number of sulfonamides is 1. The number of nitrogens with zero attached hydrogens (tertiary/aromatic N) is 3. The molecule has 1 heterocycles. The Hall–Kier alpha value is -1.24. The van der Waals surface area contributed by atoms with E-state index >= 15 is 0 Å². The fourth-order valence-electron chi connectivity index (χ4n) is 1.85. The second-order valence-corrected chi connectivity index (χ2v) is 6.98. The summed E-state index contributed by atoms with van der Waals surface area (Å²) in [6, 6.07) is 6.58. The molecule has 0 spiro atoms. The van der Waals surface area contributed by atoms with E-state index in [-0.39, 0.29) is 10.0 Å². The molecule has 0 aliphatic heterocycles. The average molecular weight is 334 g/mol. The van der Waals surface area contributed by atoms with E-state index in [1.165, 1.54) is 11.7 Å². The molecule has 20 heavy (non-hydrogen) atoms. The van der Waals surface area contributed by atoms with Gasteiger partial charge in [-0.2, -0.15) is 5.10 Å². The number of rotatable bonds is 3. The Kier molecular flexibility index (Phi) is 4.00. The molecule has 0 unspecified atom stereocenters. The van der Waals surface area contributed by atoms with Gasteiger partial charge >= 0.3 is 0 Å². The summed E-state index contributed by atoms with van der Waals surface area (Å²) in [7, 11) is -0.751. The average Bonchev–Trinajstić information content (AvgIpc) is 2.62. The predicted molar refractivity (Wildman–Crippen MR) is 80.0 cm³/mol. The number of aromatic nitrogens is 2. The quantitative estimate of drug-likeness (QED) is 0.867. The van der Waals surface area contributed by atoms with Gasteiger partial charge in [0.1, 0.15) is 10.0 Å². The van der Waals surface area contributed by atoms with Crippen molar-refractivity contribution in [3.63, 3.8) is 0 Å². The van der Waals surface area contributed by atoms with Crippen LogP contribution in [0.5, 0.6) is 0 Å². The maximum absolute atomic E-state index is 12.6. The molecule has 1 aromatic heterocycles. The first-order valence-corrected chi connectivity index (χ1v) is 7.88. The molecule has 2 rings (SSSR count). The van der Waals surface area contributed by atoms with Crippen LogP contribution in [0.25, 0.3) is 0 Å². The molecule has 8 heteroatoms. The lowest BCUT2D eigenvalue weighted by molar-refractivity contribution is 0.594. The highest BCUT2D eigenvalue weighted by Gasteiger charge is 2.29. The number of hydrogen-bond acceptors (Lipinski definition) is 3. The van der Waals surface area contributed by atoms with Crippen LogP contribution in [0.1, 0.15) is 5.69 Å². The van der Waals surface area contributed by atoms with E-state index in [2.05, 4.69) is 5.10 Å². The third kappa shape index (κ3) is 2.51. The molecule has 0 bridgehead atoms. The minimum Gasteiger partial charge on any atom is -0.269 e. The largest absolute Gasteiger partial charge is 0.269 e. The number of anilines is 1. The van der Waals surface area contributed by atoms with Crippen LogP contribution in [0.3, 0.4) is 0 Å². The molecule has 0 amide bonds. The normalized spacial score (nSPS) is 11.7. The molecule has 0 atom stereocenters. The second kappa shape index (κ2) is 5.27. The zero-order valence-corrected chi connectivity index (χ0v) is 13.5. The van der Waals surface area contributed by atoms with E-state index < -0.39 is 10.0 Å². The lowest BCUT2D eigenvalue weighted by atomic mass is 10.3. The van der Waals surface area contributed by atoms with Crippen molar-refractivity contribution >= 4 is 38.9 Å². The smallest absolute Gasteiger partial charge is 0.269 e. The molecule has 2 aromatic rings. The van der Waals surface area contributed by atoms with Crippen molar-refractivity contribution < 1.29 is 8.42 Å². The van der Waals surface area contributed by atoms with Crippen LogP contribution in [-0.2, 0) is 17.1 Å². The summed E-state index contributed by atoms with van der Waals surface area (Å²) in [5.74, 6) is 0. The molecule has 0 saturated carbocycles. The predicted octanol–water partition coefficient (Wildman–Crippen LogP) is 2.86. The van der Waals surface area contributed by atoms with Gasteiger partial charge in [0.05, 0.1) is 11.4 Å². The van der Waals surface area contributed by atoms with Crippen LogP contribution >= 0.6 is 23.2 Å². The summed E-state index contributed by atoms with van der Waals surface area (Å²) >= 11 is 11.9. The summed E-state index contributed by atoms with van der Waals surface area (Å²) in [5, 5.41) is 4.56. The van der Waals surface area contributed by atoms with Crippen LogP contribution < -0.4 is 4.31 Å². The SMILES string of the molecule is Cc1nn(C)c(Cl)c1S(=O)(=O)N(C)c1cccc(Cl)c1. The van der Waals surface area contributed by atoms with Crippen molar-refractivity contribution in [3.8, 4) is 0 Å².